The molecule has 0 saturated carbocycles. The van der Waals surface area contributed by atoms with Gasteiger partial charge in [-0.25, -0.2) is 9.97 Å². The second kappa shape index (κ2) is 7.19. The number of hydrogen-bond donors (Lipinski definition) is 0. The molecule has 3 heterocycles. The van der Waals surface area contributed by atoms with Crippen molar-refractivity contribution in [3.05, 3.63) is 41.5 Å². The summed E-state index contributed by atoms with van der Waals surface area (Å²) in [7, 11) is 0. The van der Waals surface area contributed by atoms with Gasteiger partial charge in [0, 0.05) is 16.7 Å². The van der Waals surface area contributed by atoms with Crippen molar-refractivity contribution in [2.45, 2.75) is 24.5 Å². The molecule has 0 unspecified atom stereocenters. The molecule has 0 aliphatic carbocycles. The minimum atomic E-state index is 0.232. The van der Waals surface area contributed by atoms with E-state index >= 15 is 0 Å². The maximum absolute atomic E-state index is 5.64. The number of hydrogen-bond acceptors (Lipinski definition) is 6. The molecule has 1 aliphatic heterocycles. The van der Waals surface area contributed by atoms with Crippen LogP contribution in [0.25, 0.3) is 21.3 Å². The van der Waals surface area contributed by atoms with Crippen LogP contribution in [0.2, 0.25) is 0 Å². The third-order valence-electron chi connectivity index (χ3n) is 4.08. The van der Waals surface area contributed by atoms with Crippen LogP contribution in [0.15, 0.2) is 41.0 Å². The van der Waals surface area contributed by atoms with Crippen LogP contribution in [-0.2, 0) is 9.47 Å². The highest BCUT2D eigenvalue weighted by Crippen LogP contribution is 2.38. The summed E-state index contributed by atoms with van der Waals surface area (Å²) in [6.45, 7) is 3.28. The van der Waals surface area contributed by atoms with Gasteiger partial charge in [-0.15, -0.1) is 23.1 Å². The molecule has 1 atom stereocenters. The van der Waals surface area contributed by atoms with Gasteiger partial charge >= 0.3 is 0 Å². The average Bonchev–Trinajstić information content (AvgIpc) is 3.06. The summed E-state index contributed by atoms with van der Waals surface area (Å²) in [4.78, 5) is 10.0. The lowest BCUT2D eigenvalue weighted by Crippen LogP contribution is -2.25. The molecule has 0 radical (unpaired) electrons. The number of thioether (sulfide) groups is 1. The Bertz CT molecular complexity index is 827. The highest BCUT2D eigenvalue weighted by atomic mass is 32.2. The maximum Gasteiger partial charge on any atom is 0.147 e. The van der Waals surface area contributed by atoms with E-state index in [0.29, 0.717) is 6.79 Å². The van der Waals surface area contributed by atoms with E-state index in [0.717, 1.165) is 34.0 Å². The van der Waals surface area contributed by atoms with Gasteiger partial charge in [-0.05, 0) is 18.9 Å². The van der Waals surface area contributed by atoms with Gasteiger partial charge < -0.3 is 9.47 Å². The summed E-state index contributed by atoms with van der Waals surface area (Å²) in [5.74, 6) is 0.888. The van der Waals surface area contributed by atoms with Crippen LogP contribution in [0, 0.1) is 6.92 Å². The SMILES string of the molecule is Cc1ccc(-c2csc3ncnc(SC[C@@H]4CCOCO4)c23)cc1. The Morgan fingerprint density at radius 3 is 2.92 bits per heavy atom. The lowest BCUT2D eigenvalue weighted by atomic mass is 10.1. The summed E-state index contributed by atoms with van der Waals surface area (Å²) in [6.07, 6.45) is 2.83. The molecule has 0 amide bonds. The lowest BCUT2D eigenvalue weighted by Gasteiger charge is -2.22. The van der Waals surface area contributed by atoms with Gasteiger partial charge in [-0.3, -0.25) is 0 Å². The number of nitrogens with zero attached hydrogens (tertiary/aromatic N) is 2. The van der Waals surface area contributed by atoms with Crippen molar-refractivity contribution in [2.24, 2.45) is 0 Å². The summed E-state index contributed by atoms with van der Waals surface area (Å²) < 4.78 is 10.9. The second-order valence-electron chi connectivity index (χ2n) is 5.79. The minimum Gasteiger partial charge on any atom is -0.355 e. The lowest BCUT2D eigenvalue weighted by molar-refractivity contribution is -0.130. The summed E-state index contributed by atoms with van der Waals surface area (Å²) in [6, 6.07) is 8.62. The smallest absolute Gasteiger partial charge is 0.147 e. The molecule has 2 aromatic heterocycles. The predicted molar refractivity (Wildman–Crippen MR) is 98.6 cm³/mol. The molecule has 1 fully saturated rings. The number of thiophene rings is 1. The van der Waals surface area contributed by atoms with Crippen molar-refractivity contribution in [2.75, 3.05) is 19.2 Å². The summed E-state index contributed by atoms with van der Waals surface area (Å²) >= 11 is 3.42. The van der Waals surface area contributed by atoms with Crippen LogP contribution in [0.1, 0.15) is 12.0 Å². The molecule has 1 saturated heterocycles. The van der Waals surface area contributed by atoms with Crippen molar-refractivity contribution in [3.8, 4) is 11.1 Å². The van der Waals surface area contributed by atoms with E-state index in [2.05, 4.69) is 46.5 Å². The van der Waals surface area contributed by atoms with Crippen molar-refractivity contribution < 1.29 is 9.47 Å². The Hall–Kier alpha value is -1.47. The zero-order valence-corrected chi connectivity index (χ0v) is 15.0. The van der Waals surface area contributed by atoms with Gasteiger partial charge in [0.05, 0.1) is 18.1 Å². The zero-order valence-electron chi connectivity index (χ0n) is 13.4. The molecular weight excluding hydrogens is 340 g/mol. The molecule has 4 nitrogen and oxygen atoms in total. The minimum absolute atomic E-state index is 0.232. The normalized spacial score (nSPS) is 18.1. The Labute approximate surface area is 149 Å². The number of aromatic nitrogens is 2. The monoisotopic (exact) mass is 358 g/mol. The predicted octanol–water partition coefficient (Wildman–Crippen LogP) is 4.52. The van der Waals surface area contributed by atoms with Crippen molar-refractivity contribution in [1.82, 2.24) is 9.97 Å². The molecule has 6 heteroatoms. The quantitative estimate of drug-likeness (QED) is 0.507. The molecule has 1 aromatic carbocycles. The molecule has 0 bridgehead atoms. The van der Waals surface area contributed by atoms with E-state index in [9.17, 15) is 0 Å². The van der Waals surface area contributed by atoms with E-state index in [1.165, 1.54) is 16.7 Å². The van der Waals surface area contributed by atoms with Gasteiger partial charge in [0.2, 0.25) is 0 Å². The third-order valence-corrected chi connectivity index (χ3v) is 6.08. The van der Waals surface area contributed by atoms with Crippen molar-refractivity contribution in [3.63, 3.8) is 0 Å². The fraction of sp³-hybridized carbons (Fsp3) is 0.333. The number of fused-ring (bicyclic) bond motifs is 1. The molecule has 24 heavy (non-hydrogen) atoms. The van der Waals surface area contributed by atoms with E-state index < -0.39 is 0 Å². The molecule has 4 rings (SSSR count). The highest BCUT2D eigenvalue weighted by Gasteiger charge is 2.18. The van der Waals surface area contributed by atoms with Crippen molar-refractivity contribution in [1.29, 1.82) is 0 Å². The molecular formula is C18H18N2O2S2. The summed E-state index contributed by atoms with van der Waals surface area (Å²) in [5.41, 5.74) is 3.69. The molecule has 0 spiro atoms. The van der Waals surface area contributed by atoms with E-state index in [1.807, 2.05) is 0 Å². The topological polar surface area (TPSA) is 44.2 Å². The Morgan fingerprint density at radius 1 is 1.25 bits per heavy atom. The first-order valence-corrected chi connectivity index (χ1v) is 9.79. The largest absolute Gasteiger partial charge is 0.355 e. The fourth-order valence-corrected chi connectivity index (χ4v) is 4.77. The number of benzene rings is 1. The van der Waals surface area contributed by atoms with E-state index in [4.69, 9.17) is 9.47 Å². The number of ether oxygens (including phenoxy) is 2. The summed E-state index contributed by atoms with van der Waals surface area (Å²) in [5, 5.41) is 4.37. The Morgan fingerprint density at radius 2 is 2.12 bits per heavy atom. The van der Waals surface area contributed by atoms with Crippen LogP contribution >= 0.6 is 23.1 Å². The van der Waals surface area contributed by atoms with Gasteiger partial charge in [-0.1, -0.05) is 29.8 Å². The maximum atomic E-state index is 5.64. The molecule has 1 aliphatic rings. The van der Waals surface area contributed by atoms with Crippen LogP contribution in [0.4, 0.5) is 0 Å². The van der Waals surface area contributed by atoms with Gasteiger partial charge in [-0.2, -0.15) is 0 Å². The van der Waals surface area contributed by atoms with Crippen LogP contribution in [-0.4, -0.2) is 35.2 Å². The second-order valence-corrected chi connectivity index (χ2v) is 7.66. The Kier molecular flexibility index (Phi) is 4.80. The third kappa shape index (κ3) is 3.32. The first kappa shape index (κ1) is 16.0. The molecule has 3 aromatic rings. The van der Waals surface area contributed by atoms with Crippen LogP contribution in [0.5, 0.6) is 0 Å². The van der Waals surface area contributed by atoms with Crippen LogP contribution in [0.3, 0.4) is 0 Å². The molecule has 0 N–H and O–H groups in total. The van der Waals surface area contributed by atoms with Crippen LogP contribution < -0.4 is 0 Å². The number of aryl methyl sites for hydroxylation is 1. The fourth-order valence-electron chi connectivity index (χ4n) is 2.71. The molecule has 124 valence electrons. The zero-order chi connectivity index (χ0) is 16.4. The van der Waals surface area contributed by atoms with E-state index in [-0.39, 0.29) is 6.10 Å². The first-order valence-electron chi connectivity index (χ1n) is 7.92. The number of rotatable bonds is 4. The highest BCUT2D eigenvalue weighted by molar-refractivity contribution is 7.99. The van der Waals surface area contributed by atoms with Gasteiger partial charge in [0.25, 0.3) is 0 Å². The van der Waals surface area contributed by atoms with Crippen molar-refractivity contribution >= 4 is 33.3 Å². The van der Waals surface area contributed by atoms with Gasteiger partial charge in [0.15, 0.2) is 0 Å². The first-order chi connectivity index (χ1) is 11.8. The average molecular weight is 358 g/mol. The van der Waals surface area contributed by atoms with E-state index in [1.54, 1.807) is 29.4 Å². The standard InChI is InChI=1S/C18H18N2O2S2/c1-12-2-4-13(5-3-12)15-9-24-18-16(15)17(19-10-20-18)23-8-14-6-7-21-11-22-14/h2-5,9-10,14H,6-8,11H2,1H3/t14-/m0/s1. The van der Waals surface area contributed by atoms with Gasteiger partial charge in [0.1, 0.15) is 23.0 Å². The Balaban J connectivity index is 1.65.